The predicted molar refractivity (Wildman–Crippen MR) is 61.1 cm³/mol. The number of hydrogen-bond acceptors (Lipinski definition) is 4. The Morgan fingerprint density at radius 1 is 1.50 bits per heavy atom. The molecule has 1 heterocycles. The molecule has 0 aliphatic carbocycles. The lowest BCUT2D eigenvalue weighted by Gasteiger charge is -2.21. The zero-order valence-corrected chi connectivity index (χ0v) is 10.3. The lowest BCUT2D eigenvalue weighted by atomic mass is 9.92. The summed E-state index contributed by atoms with van der Waals surface area (Å²) >= 11 is 0. The van der Waals surface area contributed by atoms with Gasteiger partial charge >= 0.3 is 5.97 Å². The van der Waals surface area contributed by atoms with Crippen molar-refractivity contribution in [2.75, 3.05) is 6.61 Å². The maximum Gasteiger partial charge on any atom is 0.357 e. The SMILES string of the molecule is CCC(C)(C)COC(=O)c1ccnc(C)n1. The molecule has 0 radical (unpaired) electrons. The van der Waals surface area contributed by atoms with Gasteiger partial charge in [0.25, 0.3) is 0 Å². The summed E-state index contributed by atoms with van der Waals surface area (Å²) in [5.41, 5.74) is 0.331. The number of esters is 1. The number of nitrogens with zero attached hydrogens (tertiary/aromatic N) is 2. The second-order valence-corrected chi connectivity index (χ2v) is 4.58. The third kappa shape index (κ3) is 3.61. The van der Waals surface area contributed by atoms with Gasteiger partial charge in [-0.15, -0.1) is 0 Å². The van der Waals surface area contributed by atoms with E-state index in [1.54, 1.807) is 19.2 Å². The first-order valence-electron chi connectivity index (χ1n) is 5.41. The average molecular weight is 222 g/mol. The zero-order chi connectivity index (χ0) is 12.2. The first-order valence-corrected chi connectivity index (χ1v) is 5.41. The van der Waals surface area contributed by atoms with Crippen LogP contribution in [0.25, 0.3) is 0 Å². The van der Waals surface area contributed by atoms with Crippen LogP contribution in [0.5, 0.6) is 0 Å². The minimum Gasteiger partial charge on any atom is -0.460 e. The Balaban J connectivity index is 2.60. The highest BCUT2D eigenvalue weighted by Gasteiger charge is 2.19. The Bertz CT molecular complexity index is 375. The Morgan fingerprint density at radius 3 is 2.75 bits per heavy atom. The molecule has 1 rings (SSSR count). The lowest BCUT2D eigenvalue weighted by molar-refractivity contribution is 0.0328. The molecule has 0 aliphatic heterocycles. The Hall–Kier alpha value is -1.45. The van der Waals surface area contributed by atoms with Gasteiger partial charge in [0, 0.05) is 6.20 Å². The van der Waals surface area contributed by atoms with E-state index in [1.807, 2.05) is 0 Å². The van der Waals surface area contributed by atoms with E-state index in [0.29, 0.717) is 18.1 Å². The van der Waals surface area contributed by atoms with Gasteiger partial charge in [-0.3, -0.25) is 0 Å². The van der Waals surface area contributed by atoms with Gasteiger partial charge in [-0.05, 0) is 24.8 Å². The highest BCUT2D eigenvalue weighted by molar-refractivity contribution is 5.87. The molecule has 0 aliphatic rings. The van der Waals surface area contributed by atoms with Gasteiger partial charge in [0.05, 0.1) is 6.61 Å². The van der Waals surface area contributed by atoms with Crippen molar-refractivity contribution < 1.29 is 9.53 Å². The minimum atomic E-state index is -0.382. The number of rotatable bonds is 4. The largest absolute Gasteiger partial charge is 0.460 e. The molecule has 1 aromatic heterocycles. The summed E-state index contributed by atoms with van der Waals surface area (Å²) < 4.78 is 5.21. The van der Waals surface area contributed by atoms with E-state index < -0.39 is 0 Å². The normalized spacial score (nSPS) is 11.2. The standard InChI is InChI=1S/C12H18N2O2/c1-5-12(3,4)8-16-11(15)10-6-7-13-9(2)14-10/h6-7H,5,8H2,1-4H3. The molecule has 0 saturated carbocycles. The van der Waals surface area contributed by atoms with Gasteiger partial charge in [-0.25, -0.2) is 14.8 Å². The quantitative estimate of drug-likeness (QED) is 0.734. The molecule has 4 heteroatoms. The summed E-state index contributed by atoms with van der Waals surface area (Å²) in [7, 11) is 0. The molecule has 0 amide bonds. The van der Waals surface area contributed by atoms with Crippen LogP contribution in [0.1, 0.15) is 43.5 Å². The van der Waals surface area contributed by atoms with Gasteiger partial charge in [0.1, 0.15) is 5.82 Å². The van der Waals surface area contributed by atoms with Crippen molar-refractivity contribution in [1.29, 1.82) is 0 Å². The van der Waals surface area contributed by atoms with Gasteiger partial charge < -0.3 is 4.74 Å². The summed E-state index contributed by atoms with van der Waals surface area (Å²) in [5, 5.41) is 0. The fourth-order valence-electron chi connectivity index (χ4n) is 1.01. The Labute approximate surface area is 96.1 Å². The summed E-state index contributed by atoms with van der Waals surface area (Å²) in [4.78, 5) is 19.6. The molecule has 4 nitrogen and oxygen atoms in total. The van der Waals surface area contributed by atoms with E-state index in [2.05, 4.69) is 30.7 Å². The Kier molecular flexibility index (Phi) is 3.99. The van der Waals surface area contributed by atoms with Crippen molar-refractivity contribution in [2.45, 2.75) is 34.1 Å². The number of ether oxygens (including phenoxy) is 1. The molecule has 0 unspecified atom stereocenters. The molecule has 0 atom stereocenters. The Morgan fingerprint density at radius 2 is 2.19 bits per heavy atom. The van der Waals surface area contributed by atoms with E-state index >= 15 is 0 Å². The number of aryl methyl sites for hydroxylation is 1. The average Bonchev–Trinajstić information content (AvgIpc) is 2.26. The summed E-state index contributed by atoms with van der Waals surface area (Å²) in [5.74, 6) is 0.191. The third-order valence-electron chi connectivity index (χ3n) is 2.54. The maximum atomic E-state index is 11.6. The highest BCUT2D eigenvalue weighted by Crippen LogP contribution is 2.20. The van der Waals surface area contributed by atoms with Crippen LogP contribution in [0.2, 0.25) is 0 Å². The van der Waals surface area contributed by atoms with Crippen molar-refractivity contribution in [2.24, 2.45) is 5.41 Å². The molecule has 0 fully saturated rings. The van der Waals surface area contributed by atoms with Crippen molar-refractivity contribution >= 4 is 5.97 Å². The molecule has 0 N–H and O–H groups in total. The van der Waals surface area contributed by atoms with Crippen LogP contribution >= 0.6 is 0 Å². The maximum absolute atomic E-state index is 11.6. The van der Waals surface area contributed by atoms with Gasteiger partial charge in [-0.2, -0.15) is 0 Å². The molecular weight excluding hydrogens is 204 g/mol. The summed E-state index contributed by atoms with van der Waals surface area (Å²) in [6.45, 7) is 8.35. The topological polar surface area (TPSA) is 52.1 Å². The number of carbonyl (C=O) groups is 1. The molecule has 0 saturated heterocycles. The summed E-state index contributed by atoms with van der Waals surface area (Å²) in [6, 6.07) is 1.56. The second-order valence-electron chi connectivity index (χ2n) is 4.58. The van der Waals surface area contributed by atoms with Crippen molar-refractivity contribution in [3.05, 3.63) is 23.8 Å². The zero-order valence-electron chi connectivity index (χ0n) is 10.3. The van der Waals surface area contributed by atoms with Crippen molar-refractivity contribution in [1.82, 2.24) is 9.97 Å². The van der Waals surface area contributed by atoms with Crippen LogP contribution in [0.4, 0.5) is 0 Å². The number of aromatic nitrogens is 2. The second kappa shape index (κ2) is 5.05. The minimum absolute atomic E-state index is 0.0116. The van der Waals surface area contributed by atoms with Crippen LogP contribution in [0, 0.1) is 12.3 Å². The van der Waals surface area contributed by atoms with E-state index in [0.717, 1.165) is 6.42 Å². The van der Waals surface area contributed by atoms with Gasteiger partial charge in [0.15, 0.2) is 5.69 Å². The van der Waals surface area contributed by atoms with Gasteiger partial charge in [0.2, 0.25) is 0 Å². The predicted octanol–water partition coefficient (Wildman–Crippen LogP) is 2.38. The molecule has 0 aromatic carbocycles. The van der Waals surface area contributed by atoms with E-state index in [-0.39, 0.29) is 11.4 Å². The first-order chi connectivity index (χ1) is 7.44. The van der Waals surface area contributed by atoms with E-state index in [4.69, 9.17) is 4.74 Å². The number of carbonyl (C=O) groups excluding carboxylic acids is 1. The molecule has 0 spiro atoms. The highest BCUT2D eigenvalue weighted by atomic mass is 16.5. The summed E-state index contributed by atoms with van der Waals surface area (Å²) in [6.07, 6.45) is 2.52. The van der Waals surface area contributed by atoms with Crippen LogP contribution < -0.4 is 0 Å². The molecule has 16 heavy (non-hydrogen) atoms. The van der Waals surface area contributed by atoms with Crippen LogP contribution in [0.3, 0.4) is 0 Å². The fourth-order valence-corrected chi connectivity index (χ4v) is 1.01. The van der Waals surface area contributed by atoms with E-state index in [1.165, 1.54) is 0 Å². The first kappa shape index (κ1) is 12.6. The molecule has 88 valence electrons. The lowest BCUT2D eigenvalue weighted by Crippen LogP contribution is -2.21. The van der Waals surface area contributed by atoms with Crippen LogP contribution in [-0.2, 0) is 4.74 Å². The smallest absolute Gasteiger partial charge is 0.357 e. The van der Waals surface area contributed by atoms with Crippen LogP contribution in [-0.4, -0.2) is 22.5 Å². The fraction of sp³-hybridized carbons (Fsp3) is 0.583. The van der Waals surface area contributed by atoms with Gasteiger partial charge in [-0.1, -0.05) is 20.8 Å². The van der Waals surface area contributed by atoms with Crippen molar-refractivity contribution in [3.8, 4) is 0 Å². The molecule has 0 bridgehead atoms. The van der Waals surface area contributed by atoms with E-state index in [9.17, 15) is 4.79 Å². The number of hydrogen-bond donors (Lipinski definition) is 0. The molecule has 1 aromatic rings. The monoisotopic (exact) mass is 222 g/mol. The van der Waals surface area contributed by atoms with Crippen molar-refractivity contribution in [3.63, 3.8) is 0 Å². The molecular formula is C12H18N2O2. The van der Waals surface area contributed by atoms with Crippen LogP contribution in [0.15, 0.2) is 12.3 Å². The third-order valence-corrected chi connectivity index (χ3v) is 2.54.